The molecule has 1 heterocycles. The van der Waals surface area contributed by atoms with Gasteiger partial charge in [-0.25, -0.2) is 0 Å². The number of nitrogens with two attached hydrogens (primary N) is 1. The van der Waals surface area contributed by atoms with Crippen molar-refractivity contribution in [2.24, 2.45) is 5.73 Å². The Morgan fingerprint density at radius 1 is 1.28 bits per heavy atom. The zero-order chi connectivity index (χ0) is 12.5. The maximum absolute atomic E-state index is 5.93. The largest absolute Gasteiger partial charge is 0.497 e. The van der Waals surface area contributed by atoms with E-state index in [1.165, 1.54) is 5.22 Å². The summed E-state index contributed by atoms with van der Waals surface area (Å²) in [6.07, 6.45) is 5.89. The van der Waals surface area contributed by atoms with Crippen LogP contribution in [0.15, 0.2) is 48.3 Å². The lowest BCUT2D eigenvalue weighted by molar-refractivity contribution is 0.243. The van der Waals surface area contributed by atoms with Crippen LogP contribution in [-0.2, 0) is 9.47 Å². The molecule has 0 saturated heterocycles. The summed E-state index contributed by atoms with van der Waals surface area (Å²) < 4.78 is 11.2. The van der Waals surface area contributed by atoms with Gasteiger partial charge >= 0.3 is 0 Å². The molecule has 1 unspecified atom stereocenters. The molecule has 92 valence electrons. The van der Waals surface area contributed by atoms with Gasteiger partial charge in [0.05, 0.1) is 13.7 Å². The maximum Gasteiger partial charge on any atom is 0.143 e. The molecule has 1 aliphatic heterocycles. The van der Waals surface area contributed by atoms with Gasteiger partial charge in [0.25, 0.3) is 0 Å². The molecule has 1 atom stereocenters. The van der Waals surface area contributed by atoms with Gasteiger partial charge in [-0.2, -0.15) is 0 Å². The molecule has 2 aliphatic rings. The van der Waals surface area contributed by atoms with Gasteiger partial charge in [0, 0.05) is 10.8 Å². The Kier molecular flexibility index (Phi) is 2.68. The Morgan fingerprint density at radius 2 is 2.06 bits per heavy atom. The molecule has 0 radical (unpaired) electrons. The molecule has 1 aromatic carbocycles. The van der Waals surface area contributed by atoms with E-state index < -0.39 is 0 Å². The predicted molar refractivity (Wildman–Crippen MR) is 70.7 cm³/mol. The van der Waals surface area contributed by atoms with Crippen molar-refractivity contribution < 1.29 is 9.47 Å². The Hall–Kier alpha value is -2.00. The van der Waals surface area contributed by atoms with Gasteiger partial charge in [-0.1, -0.05) is 24.3 Å². The first-order chi connectivity index (χ1) is 8.83. The summed E-state index contributed by atoms with van der Waals surface area (Å²) in [6.45, 7) is 0.412. The minimum atomic E-state index is -0.0580. The van der Waals surface area contributed by atoms with Crippen LogP contribution in [0.4, 0.5) is 0 Å². The summed E-state index contributed by atoms with van der Waals surface area (Å²) in [5, 5.41) is 2.25. The molecule has 1 aromatic rings. The molecule has 3 heteroatoms. The molecular weight excluding hydrogens is 226 g/mol. The number of benzene rings is 1. The molecule has 2 N–H and O–H groups in total. The first-order valence-corrected chi connectivity index (χ1v) is 5.96. The van der Waals surface area contributed by atoms with E-state index in [4.69, 9.17) is 15.2 Å². The van der Waals surface area contributed by atoms with Crippen molar-refractivity contribution >= 4 is 11.3 Å². The van der Waals surface area contributed by atoms with E-state index in [1.807, 2.05) is 36.4 Å². The molecule has 0 amide bonds. The van der Waals surface area contributed by atoms with Gasteiger partial charge in [-0.15, -0.1) is 0 Å². The predicted octanol–water partition coefficient (Wildman–Crippen LogP) is 0.403. The third-order valence-corrected chi connectivity index (χ3v) is 3.27. The van der Waals surface area contributed by atoms with Gasteiger partial charge in [0.15, 0.2) is 0 Å². The standard InChI is InChI=1S/C15H15NO2/c1-17-10-6-7-14-13(8-10)11-4-2-3-5-12(11)15(9-16)18-14/h2-8,14H,9,16H2,1H3. The number of hydrogen-bond acceptors (Lipinski definition) is 3. The summed E-state index contributed by atoms with van der Waals surface area (Å²) in [5.41, 5.74) is 6.88. The van der Waals surface area contributed by atoms with E-state index in [-0.39, 0.29) is 6.10 Å². The van der Waals surface area contributed by atoms with E-state index in [1.54, 1.807) is 7.11 Å². The highest BCUT2D eigenvalue weighted by Gasteiger charge is 2.22. The van der Waals surface area contributed by atoms with Crippen LogP contribution in [0.5, 0.6) is 0 Å². The Morgan fingerprint density at radius 3 is 2.78 bits per heavy atom. The summed E-state index contributed by atoms with van der Waals surface area (Å²) in [7, 11) is 1.67. The Balaban J connectivity index is 2.34. The summed E-state index contributed by atoms with van der Waals surface area (Å²) in [6, 6.07) is 8.16. The number of methoxy groups -OCH3 is 1. The fourth-order valence-electron chi connectivity index (χ4n) is 2.38. The SMILES string of the molecule is COC1=CC2=c3ccccc3=C(CN)OC2C=C1. The van der Waals surface area contributed by atoms with E-state index in [2.05, 4.69) is 6.07 Å². The average molecular weight is 241 g/mol. The lowest BCUT2D eigenvalue weighted by Crippen LogP contribution is -2.40. The molecular formula is C15H15NO2. The highest BCUT2D eigenvalue weighted by atomic mass is 16.5. The van der Waals surface area contributed by atoms with Crippen LogP contribution in [0.1, 0.15) is 0 Å². The summed E-state index contributed by atoms with van der Waals surface area (Å²) in [4.78, 5) is 0. The number of fused-ring (bicyclic) bond motifs is 2. The molecule has 3 rings (SSSR count). The second-order valence-electron chi connectivity index (χ2n) is 4.28. The van der Waals surface area contributed by atoms with Crippen LogP contribution in [0, 0.1) is 0 Å². The fourth-order valence-corrected chi connectivity index (χ4v) is 2.38. The van der Waals surface area contributed by atoms with Crippen LogP contribution in [0.2, 0.25) is 0 Å². The third kappa shape index (κ3) is 1.64. The van der Waals surface area contributed by atoms with Gasteiger partial charge in [-0.3, -0.25) is 0 Å². The van der Waals surface area contributed by atoms with Crippen molar-refractivity contribution in [1.29, 1.82) is 0 Å². The molecule has 0 fully saturated rings. The van der Waals surface area contributed by atoms with Crippen LogP contribution in [0.25, 0.3) is 11.3 Å². The smallest absolute Gasteiger partial charge is 0.143 e. The monoisotopic (exact) mass is 241 g/mol. The molecule has 0 bridgehead atoms. The van der Waals surface area contributed by atoms with Crippen molar-refractivity contribution in [2.45, 2.75) is 6.10 Å². The van der Waals surface area contributed by atoms with Crippen molar-refractivity contribution in [3.05, 3.63) is 58.7 Å². The van der Waals surface area contributed by atoms with Gasteiger partial charge in [0.1, 0.15) is 17.6 Å². The lowest BCUT2D eigenvalue weighted by Gasteiger charge is -2.26. The maximum atomic E-state index is 5.93. The summed E-state index contributed by atoms with van der Waals surface area (Å²) >= 11 is 0. The first kappa shape index (κ1) is 11.1. The van der Waals surface area contributed by atoms with Gasteiger partial charge in [0.2, 0.25) is 0 Å². The van der Waals surface area contributed by atoms with Gasteiger partial charge in [-0.05, 0) is 23.4 Å². The second-order valence-corrected chi connectivity index (χ2v) is 4.28. The number of ether oxygens (including phenoxy) is 2. The minimum absolute atomic E-state index is 0.0580. The van der Waals surface area contributed by atoms with Crippen molar-refractivity contribution in [3.63, 3.8) is 0 Å². The van der Waals surface area contributed by atoms with Crippen LogP contribution in [0.3, 0.4) is 0 Å². The second kappa shape index (κ2) is 4.35. The molecule has 18 heavy (non-hydrogen) atoms. The highest BCUT2D eigenvalue weighted by molar-refractivity contribution is 5.70. The lowest BCUT2D eigenvalue weighted by atomic mass is 9.97. The van der Waals surface area contributed by atoms with Crippen molar-refractivity contribution in [3.8, 4) is 0 Å². The highest BCUT2D eigenvalue weighted by Crippen LogP contribution is 2.23. The zero-order valence-corrected chi connectivity index (χ0v) is 10.2. The van der Waals surface area contributed by atoms with E-state index in [9.17, 15) is 0 Å². The molecule has 3 nitrogen and oxygen atoms in total. The van der Waals surface area contributed by atoms with Crippen molar-refractivity contribution in [2.75, 3.05) is 13.7 Å². The number of allylic oxidation sites excluding steroid dienone is 1. The molecule has 0 spiro atoms. The average Bonchev–Trinajstić information content (AvgIpc) is 2.45. The van der Waals surface area contributed by atoms with Crippen LogP contribution >= 0.6 is 0 Å². The quantitative estimate of drug-likeness (QED) is 0.815. The minimum Gasteiger partial charge on any atom is -0.497 e. The fraction of sp³-hybridized carbons (Fsp3) is 0.200. The molecule has 1 aliphatic carbocycles. The Labute approximate surface area is 106 Å². The third-order valence-electron chi connectivity index (χ3n) is 3.27. The Bertz CT molecular complexity index is 655. The summed E-state index contributed by atoms with van der Waals surface area (Å²) in [5.74, 6) is 1.69. The van der Waals surface area contributed by atoms with E-state index in [0.717, 1.165) is 22.3 Å². The van der Waals surface area contributed by atoms with Crippen LogP contribution in [-0.4, -0.2) is 19.8 Å². The van der Waals surface area contributed by atoms with E-state index in [0.29, 0.717) is 6.54 Å². The number of rotatable bonds is 2. The number of hydrogen-bond donors (Lipinski definition) is 1. The topological polar surface area (TPSA) is 44.5 Å². The molecule has 0 saturated carbocycles. The zero-order valence-electron chi connectivity index (χ0n) is 10.2. The normalized spacial score (nSPS) is 20.8. The van der Waals surface area contributed by atoms with Crippen LogP contribution < -0.4 is 16.2 Å². The van der Waals surface area contributed by atoms with E-state index >= 15 is 0 Å². The first-order valence-electron chi connectivity index (χ1n) is 5.96. The van der Waals surface area contributed by atoms with Gasteiger partial charge < -0.3 is 15.2 Å². The molecule has 0 aromatic heterocycles. The van der Waals surface area contributed by atoms with Crippen molar-refractivity contribution in [1.82, 2.24) is 0 Å².